The number of hydrogen-bond acceptors (Lipinski definition) is 6. The summed E-state index contributed by atoms with van der Waals surface area (Å²) >= 11 is 0. The van der Waals surface area contributed by atoms with Gasteiger partial charge in [-0.15, -0.1) is 0 Å². The number of allylic oxidation sites excluding steroid dienone is 1. The van der Waals surface area contributed by atoms with Crippen LogP contribution in [0.4, 0.5) is 20.6 Å². The molecule has 1 atom stereocenters. The fourth-order valence-corrected chi connectivity index (χ4v) is 3.32. The van der Waals surface area contributed by atoms with Crippen LogP contribution < -0.4 is 15.1 Å². The van der Waals surface area contributed by atoms with E-state index in [0.717, 1.165) is 18.4 Å². The number of nitriles is 2. The second-order valence-electron chi connectivity index (χ2n) is 6.46. The highest BCUT2D eigenvalue weighted by Crippen LogP contribution is 2.30. The second-order valence-corrected chi connectivity index (χ2v) is 6.46. The Bertz CT molecular complexity index is 816. The van der Waals surface area contributed by atoms with Crippen LogP contribution in [-0.4, -0.2) is 44.9 Å². The zero-order chi connectivity index (χ0) is 19.2. The zero-order valence-corrected chi connectivity index (χ0v) is 14.8. The minimum atomic E-state index is -0.518. The van der Waals surface area contributed by atoms with E-state index in [1.807, 2.05) is 17.0 Å². The van der Waals surface area contributed by atoms with Crippen LogP contribution in [0.15, 0.2) is 29.8 Å². The van der Waals surface area contributed by atoms with E-state index in [9.17, 15) is 9.18 Å². The third kappa shape index (κ3) is 4.36. The molecule has 2 aliphatic heterocycles. The summed E-state index contributed by atoms with van der Waals surface area (Å²) in [7, 11) is 0. The van der Waals surface area contributed by atoms with Crippen LogP contribution in [0.3, 0.4) is 0 Å². The van der Waals surface area contributed by atoms with Gasteiger partial charge < -0.3 is 15.0 Å². The first kappa shape index (κ1) is 18.7. The molecule has 7 nitrogen and oxygen atoms in total. The van der Waals surface area contributed by atoms with Crippen molar-refractivity contribution >= 4 is 17.5 Å². The lowest BCUT2D eigenvalue weighted by Gasteiger charge is -2.30. The Morgan fingerprint density at radius 1 is 1.33 bits per heavy atom. The Kier molecular flexibility index (Phi) is 5.90. The summed E-state index contributed by atoms with van der Waals surface area (Å²) in [5.41, 5.74) is 2.03. The molecule has 2 aliphatic rings. The molecule has 1 N–H and O–H groups in total. The summed E-state index contributed by atoms with van der Waals surface area (Å²) < 4.78 is 19.9. The molecule has 0 saturated carbocycles. The Morgan fingerprint density at radius 2 is 2.11 bits per heavy atom. The quantitative estimate of drug-likeness (QED) is 0.486. The number of halogens is 1. The van der Waals surface area contributed by atoms with Crippen LogP contribution in [0.1, 0.15) is 12.8 Å². The summed E-state index contributed by atoms with van der Waals surface area (Å²) in [5, 5.41) is 20.1. The van der Waals surface area contributed by atoms with Crippen molar-refractivity contribution in [3.63, 3.8) is 0 Å². The summed E-state index contributed by atoms with van der Waals surface area (Å²) in [6.07, 6.45) is 2.16. The zero-order valence-electron chi connectivity index (χ0n) is 14.8. The Hall–Kier alpha value is -3.10. The van der Waals surface area contributed by atoms with Crippen LogP contribution in [0.5, 0.6) is 0 Å². The molecule has 1 amide bonds. The minimum Gasteiger partial charge on any atom is -0.443 e. The van der Waals surface area contributed by atoms with E-state index in [1.165, 1.54) is 11.0 Å². The molecule has 0 radical (unpaired) electrons. The largest absolute Gasteiger partial charge is 0.443 e. The van der Waals surface area contributed by atoms with E-state index in [2.05, 4.69) is 5.32 Å². The standard InChI is InChI=1S/C19H20FN5O2/c20-17-11-15(25-13-16(27-19(25)26)12-23-8-7-22)1-2-18(17)24-9-4-14(3-6-21)5-10-24/h1-3,11,16,23H,4-5,8-10,12-13H2/t16-/m0/s1. The predicted molar refractivity (Wildman–Crippen MR) is 97.6 cm³/mol. The number of rotatable bonds is 5. The molecule has 0 spiro atoms. The first-order valence-corrected chi connectivity index (χ1v) is 8.80. The lowest BCUT2D eigenvalue weighted by Crippen LogP contribution is -2.32. The Labute approximate surface area is 157 Å². The number of anilines is 2. The van der Waals surface area contributed by atoms with Gasteiger partial charge in [0, 0.05) is 25.7 Å². The van der Waals surface area contributed by atoms with Gasteiger partial charge in [-0.1, -0.05) is 5.57 Å². The number of nitrogens with zero attached hydrogens (tertiary/aromatic N) is 4. The molecule has 0 bridgehead atoms. The summed E-state index contributed by atoms with van der Waals surface area (Å²) in [6, 6.07) is 8.75. The van der Waals surface area contributed by atoms with Crippen LogP contribution >= 0.6 is 0 Å². The van der Waals surface area contributed by atoms with Crippen molar-refractivity contribution in [1.29, 1.82) is 10.5 Å². The molecule has 2 saturated heterocycles. The van der Waals surface area contributed by atoms with Gasteiger partial charge in [-0.2, -0.15) is 10.5 Å². The van der Waals surface area contributed by atoms with Gasteiger partial charge in [0.05, 0.1) is 36.6 Å². The SMILES string of the molecule is N#CC=C1CCN(c2ccc(N3C[C@H](CNCC#N)OC3=O)cc2F)CC1. The second kappa shape index (κ2) is 8.52. The highest BCUT2D eigenvalue weighted by Gasteiger charge is 2.32. The van der Waals surface area contributed by atoms with Crippen molar-refractivity contribution in [1.82, 2.24) is 5.32 Å². The molecule has 3 rings (SSSR count). The topological polar surface area (TPSA) is 92.4 Å². The Balaban J connectivity index is 1.65. The van der Waals surface area contributed by atoms with E-state index in [0.29, 0.717) is 37.6 Å². The Morgan fingerprint density at radius 3 is 2.78 bits per heavy atom. The van der Waals surface area contributed by atoms with Crippen molar-refractivity contribution in [3.8, 4) is 12.1 Å². The first-order valence-electron chi connectivity index (χ1n) is 8.80. The molecule has 2 heterocycles. The number of ether oxygens (including phenoxy) is 1. The smallest absolute Gasteiger partial charge is 0.414 e. The minimum absolute atomic E-state index is 0.179. The fraction of sp³-hybridized carbons (Fsp3) is 0.421. The number of benzene rings is 1. The molecule has 27 heavy (non-hydrogen) atoms. The number of piperidine rings is 1. The molecule has 140 valence electrons. The molecular weight excluding hydrogens is 349 g/mol. The number of carbonyl (C=O) groups excluding carboxylic acids is 1. The molecule has 0 aliphatic carbocycles. The van der Waals surface area contributed by atoms with E-state index in [1.54, 1.807) is 18.2 Å². The van der Waals surface area contributed by atoms with Crippen molar-refractivity contribution in [2.24, 2.45) is 0 Å². The average molecular weight is 369 g/mol. The molecule has 1 aromatic carbocycles. The molecule has 8 heteroatoms. The number of amides is 1. The van der Waals surface area contributed by atoms with E-state index >= 15 is 0 Å². The van der Waals surface area contributed by atoms with Crippen molar-refractivity contribution < 1.29 is 13.9 Å². The maximum atomic E-state index is 14.7. The normalized spacial score (nSPS) is 19.4. The van der Waals surface area contributed by atoms with Gasteiger partial charge >= 0.3 is 6.09 Å². The van der Waals surface area contributed by atoms with Crippen LogP contribution in [0, 0.1) is 28.5 Å². The van der Waals surface area contributed by atoms with Crippen molar-refractivity contribution in [2.45, 2.75) is 18.9 Å². The fourth-order valence-electron chi connectivity index (χ4n) is 3.32. The summed E-state index contributed by atoms with van der Waals surface area (Å²) in [6.45, 7) is 2.17. The number of carbonyl (C=O) groups is 1. The third-order valence-corrected chi connectivity index (χ3v) is 4.71. The summed E-state index contributed by atoms with van der Waals surface area (Å²) in [5.74, 6) is -0.390. The molecular formula is C19H20FN5O2. The maximum Gasteiger partial charge on any atom is 0.414 e. The predicted octanol–water partition coefficient (Wildman–Crippen LogP) is 2.31. The van der Waals surface area contributed by atoms with E-state index < -0.39 is 6.09 Å². The highest BCUT2D eigenvalue weighted by molar-refractivity contribution is 5.90. The van der Waals surface area contributed by atoms with Gasteiger partial charge in [0.15, 0.2) is 0 Å². The van der Waals surface area contributed by atoms with E-state index in [4.69, 9.17) is 15.3 Å². The van der Waals surface area contributed by atoms with Crippen LogP contribution in [0.2, 0.25) is 0 Å². The van der Waals surface area contributed by atoms with E-state index in [-0.39, 0.29) is 18.5 Å². The maximum absolute atomic E-state index is 14.7. The van der Waals surface area contributed by atoms with Crippen LogP contribution in [0.25, 0.3) is 0 Å². The number of nitrogens with one attached hydrogen (secondary N) is 1. The first-order chi connectivity index (χ1) is 13.1. The molecule has 1 aromatic rings. The van der Waals surface area contributed by atoms with Gasteiger partial charge in [-0.05, 0) is 31.0 Å². The molecule has 0 aromatic heterocycles. The van der Waals surface area contributed by atoms with Gasteiger partial charge in [-0.3, -0.25) is 4.90 Å². The van der Waals surface area contributed by atoms with Crippen LogP contribution in [-0.2, 0) is 4.74 Å². The lowest BCUT2D eigenvalue weighted by atomic mass is 10.0. The lowest BCUT2D eigenvalue weighted by molar-refractivity contribution is 0.141. The molecule has 2 fully saturated rings. The number of cyclic esters (lactones) is 1. The summed E-state index contributed by atoms with van der Waals surface area (Å²) in [4.78, 5) is 15.4. The van der Waals surface area contributed by atoms with Gasteiger partial charge in [0.2, 0.25) is 0 Å². The van der Waals surface area contributed by atoms with Gasteiger partial charge in [0.1, 0.15) is 11.9 Å². The molecule has 0 unspecified atom stereocenters. The van der Waals surface area contributed by atoms with Crippen molar-refractivity contribution in [2.75, 3.05) is 42.5 Å². The number of hydrogen-bond donors (Lipinski definition) is 1. The van der Waals surface area contributed by atoms with Crippen molar-refractivity contribution in [3.05, 3.63) is 35.7 Å². The highest BCUT2D eigenvalue weighted by atomic mass is 19.1. The van der Waals surface area contributed by atoms with Gasteiger partial charge in [0.25, 0.3) is 0 Å². The van der Waals surface area contributed by atoms with Gasteiger partial charge in [-0.25, -0.2) is 9.18 Å². The third-order valence-electron chi connectivity index (χ3n) is 4.71. The monoisotopic (exact) mass is 369 g/mol. The average Bonchev–Trinajstić information content (AvgIpc) is 3.03.